The monoisotopic (exact) mass is 343 g/mol. The molecule has 0 aliphatic rings. The topological polar surface area (TPSA) is 58.5 Å². The fourth-order valence-corrected chi connectivity index (χ4v) is 3.21. The highest BCUT2D eigenvalue weighted by molar-refractivity contribution is 5.70. The number of hydrogen-bond donors (Lipinski definition) is 1. The summed E-state index contributed by atoms with van der Waals surface area (Å²) in [6.07, 6.45) is 2.10. The minimum absolute atomic E-state index is 0.253. The highest BCUT2D eigenvalue weighted by Gasteiger charge is 2.21. The van der Waals surface area contributed by atoms with Gasteiger partial charge in [-0.2, -0.15) is 4.98 Å². The number of benzene rings is 1. The van der Waals surface area contributed by atoms with Crippen LogP contribution in [-0.2, 0) is 0 Å². The number of ether oxygens (including phenoxy) is 1. The van der Waals surface area contributed by atoms with Crippen LogP contribution in [0.15, 0.2) is 12.1 Å². The quantitative estimate of drug-likeness (QED) is 0.807. The maximum absolute atomic E-state index is 10.1. The van der Waals surface area contributed by atoms with Crippen LogP contribution in [0.5, 0.6) is 11.6 Å². The summed E-state index contributed by atoms with van der Waals surface area (Å²) in [5.41, 5.74) is 4.54. The molecule has 0 fully saturated rings. The molecule has 0 saturated carbocycles. The van der Waals surface area contributed by atoms with Gasteiger partial charge in [0, 0.05) is 24.2 Å². The minimum atomic E-state index is 0.253. The molecule has 0 unspecified atom stereocenters. The van der Waals surface area contributed by atoms with Gasteiger partial charge >= 0.3 is 0 Å². The molecule has 2 rings (SSSR count). The second-order valence-corrected chi connectivity index (χ2v) is 6.38. The fraction of sp³-hybridized carbons (Fsp3) is 0.500. The van der Waals surface area contributed by atoms with Crippen LogP contribution in [0.25, 0.3) is 11.4 Å². The van der Waals surface area contributed by atoms with Gasteiger partial charge in [0.05, 0.1) is 12.8 Å². The van der Waals surface area contributed by atoms with E-state index in [0.717, 1.165) is 54.0 Å². The summed E-state index contributed by atoms with van der Waals surface area (Å²) in [4.78, 5) is 11.7. The number of phenols is 1. The van der Waals surface area contributed by atoms with Crippen molar-refractivity contribution in [2.75, 3.05) is 25.1 Å². The SMILES string of the molecule is CCCN(CCC)c1c(C)nc(-c2c(C)ccc(O)c2C)nc1OC. The van der Waals surface area contributed by atoms with Gasteiger partial charge in [-0.15, -0.1) is 0 Å². The van der Waals surface area contributed by atoms with Crippen molar-refractivity contribution in [2.45, 2.75) is 47.5 Å². The second kappa shape index (κ2) is 8.19. The minimum Gasteiger partial charge on any atom is -0.508 e. The third-order valence-corrected chi connectivity index (χ3v) is 4.39. The van der Waals surface area contributed by atoms with Crippen molar-refractivity contribution >= 4 is 5.69 Å². The van der Waals surface area contributed by atoms with E-state index in [-0.39, 0.29) is 5.75 Å². The van der Waals surface area contributed by atoms with Crippen molar-refractivity contribution in [1.82, 2.24) is 9.97 Å². The summed E-state index contributed by atoms with van der Waals surface area (Å²) < 4.78 is 5.62. The van der Waals surface area contributed by atoms with E-state index in [2.05, 4.69) is 23.7 Å². The van der Waals surface area contributed by atoms with Crippen LogP contribution in [0.2, 0.25) is 0 Å². The summed E-state index contributed by atoms with van der Waals surface area (Å²) in [7, 11) is 1.65. The Labute approximate surface area is 150 Å². The Morgan fingerprint density at radius 3 is 2.24 bits per heavy atom. The Kier molecular flexibility index (Phi) is 6.23. The van der Waals surface area contributed by atoms with Crippen LogP contribution >= 0.6 is 0 Å². The lowest BCUT2D eigenvalue weighted by Crippen LogP contribution is -2.27. The van der Waals surface area contributed by atoms with Crippen LogP contribution in [-0.4, -0.2) is 35.3 Å². The van der Waals surface area contributed by atoms with Crippen molar-refractivity contribution in [3.05, 3.63) is 29.0 Å². The molecule has 0 amide bonds. The first-order chi connectivity index (χ1) is 11.9. The Bertz CT molecular complexity index is 738. The average Bonchev–Trinajstić information content (AvgIpc) is 2.58. The van der Waals surface area contributed by atoms with Gasteiger partial charge in [0.1, 0.15) is 11.4 Å². The first-order valence-corrected chi connectivity index (χ1v) is 8.91. The summed E-state index contributed by atoms with van der Waals surface area (Å²) >= 11 is 0. The molecule has 0 spiro atoms. The normalized spacial score (nSPS) is 10.8. The molecule has 0 bridgehead atoms. The Balaban J connectivity index is 2.63. The van der Waals surface area contributed by atoms with Crippen LogP contribution < -0.4 is 9.64 Å². The lowest BCUT2D eigenvalue weighted by Gasteiger charge is -2.26. The van der Waals surface area contributed by atoms with E-state index in [9.17, 15) is 5.11 Å². The smallest absolute Gasteiger partial charge is 0.241 e. The molecule has 0 radical (unpaired) electrons. The summed E-state index contributed by atoms with van der Waals surface area (Å²) in [6, 6.07) is 3.59. The van der Waals surface area contributed by atoms with E-state index < -0.39 is 0 Å². The van der Waals surface area contributed by atoms with Crippen molar-refractivity contribution in [2.24, 2.45) is 0 Å². The number of anilines is 1. The van der Waals surface area contributed by atoms with Gasteiger partial charge in [0.2, 0.25) is 5.88 Å². The van der Waals surface area contributed by atoms with E-state index in [1.54, 1.807) is 13.2 Å². The zero-order valence-electron chi connectivity index (χ0n) is 16.2. The molecule has 5 heteroatoms. The van der Waals surface area contributed by atoms with E-state index in [0.29, 0.717) is 11.7 Å². The maximum atomic E-state index is 10.1. The molecule has 0 aliphatic heterocycles. The molecule has 1 N–H and O–H groups in total. The van der Waals surface area contributed by atoms with E-state index >= 15 is 0 Å². The van der Waals surface area contributed by atoms with Gasteiger partial charge in [-0.05, 0) is 45.2 Å². The lowest BCUT2D eigenvalue weighted by atomic mass is 10.0. The van der Waals surface area contributed by atoms with Crippen molar-refractivity contribution in [3.8, 4) is 23.0 Å². The predicted molar refractivity (Wildman–Crippen MR) is 103 cm³/mol. The van der Waals surface area contributed by atoms with Crippen molar-refractivity contribution in [1.29, 1.82) is 0 Å². The number of hydrogen-bond acceptors (Lipinski definition) is 5. The summed E-state index contributed by atoms with van der Waals surface area (Å²) in [5, 5.41) is 10.1. The predicted octanol–water partition coefficient (Wildman–Crippen LogP) is 4.41. The van der Waals surface area contributed by atoms with Gasteiger partial charge in [0.15, 0.2) is 5.82 Å². The van der Waals surface area contributed by atoms with E-state index in [1.807, 2.05) is 26.8 Å². The Morgan fingerprint density at radius 1 is 1.04 bits per heavy atom. The molecule has 136 valence electrons. The molecule has 0 atom stereocenters. The van der Waals surface area contributed by atoms with Gasteiger partial charge < -0.3 is 14.7 Å². The molecule has 5 nitrogen and oxygen atoms in total. The zero-order chi connectivity index (χ0) is 18.6. The lowest BCUT2D eigenvalue weighted by molar-refractivity contribution is 0.396. The first-order valence-electron chi connectivity index (χ1n) is 8.91. The highest BCUT2D eigenvalue weighted by atomic mass is 16.5. The summed E-state index contributed by atoms with van der Waals surface area (Å²) in [5.74, 6) is 1.44. The molecule has 25 heavy (non-hydrogen) atoms. The van der Waals surface area contributed by atoms with Crippen LogP contribution in [0.3, 0.4) is 0 Å². The number of methoxy groups -OCH3 is 1. The molecule has 2 aromatic rings. The van der Waals surface area contributed by atoms with Crippen LogP contribution in [0.1, 0.15) is 43.5 Å². The average molecular weight is 343 g/mol. The number of phenolic OH excluding ortho intramolecular Hbond substituents is 1. The van der Waals surface area contributed by atoms with Crippen molar-refractivity contribution < 1.29 is 9.84 Å². The second-order valence-electron chi connectivity index (χ2n) is 6.38. The molecule has 1 aromatic heterocycles. The number of rotatable bonds is 7. The van der Waals surface area contributed by atoms with Crippen LogP contribution in [0, 0.1) is 20.8 Å². The van der Waals surface area contributed by atoms with Crippen LogP contribution in [0.4, 0.5) is 5.69 Å². The van der Waals surface area contributed by atoms with E-state index in [4.69, 9.17) is 9.72 Å². The third kappa shape index (κ3) is 3.86. The highest BCUT2D eigenvalue weighted by Crippen LogP contribution is 2.35. The Hall–Kier alpha value is -2.30. The molecule has 0 aliphatic carbocycles. The van der Waals surface area contributed by atoms with Gasteiger partial charge in [-0.25, -0.2) is 4.98 Å². The van der Waals surface area contributed by atoms with Gasteiger partial charge in [0.25, 0.3) is 0 Å². The molecular formula is C20H29N3O2. The maximum Gasteiger partial charge on any atom is 0.241 e. The summed E-state index contributed by atoms with van der Waals surface area (Å²) in [6.45, 7) is 12.1. The number of aromatic hydroxyl groups is 1. The third-order valence-electron chi connectivity index (χ3n) is 4.39. The Morgan fingerprint density at radius 2 is 1.68 bits per heavy atom. The largest absolute Gasteiger partial charge is 0.508 e. The van der Waals surface area contributed by atoms with Gasteiger partial charge in [-0.3, -0.25) is 0 Å². The standard InChI is InChI=1S/C20H29N3O2/c1-7-11-23(12-8-2)18-15(5)21-19(22-20(18)25-6)17-13(3)9-10-16(24)14(17)4/h9-10,24H,7-8,11-12H2,1-6H3. The van der Waals surface area contributed by atoms with E-state index in [1.165, 1.54) is 0 Å². The fourth-order valence-electron chi connectivity index (χ4n) is 3.21. The molecule has 0 saturated heterocycles. The first kappa shape index (κ1) is 19.0. The van der Waals surface area contributed by atoms with Crippen molar-refractivity contribution in [3.63, 3.8) is 0 Å². The number of aryl methyl sites for hydroxylation is 2. The zero-order valence-corrected chi connectivity index (χ0v) is 16.2. The molecule has 1 heterocycles. The molecule has 1 aromatic carbocycles. The number of nitrogens with zero attached hydrogens (tertiary/aromatic N) is 3. The molecular weight excluding hydrogens is 314 g/mol. The van der Waals surface area contributed by atoms with Gasteiger partial charge in [-0.1, -0.05) is 19.9 Å². The number of aromatic nitrogens is 2.